The number of hydrogen-bond acceptors (Lipinski definition) is 3. The third kappa shape index (κ3) is 12.0. The summed E-state index contributed by atoms with van der Waals surface area (Å²) in [6, 6.07) is 0. The van der Waals surface area contributed by atoms with Crippen LogP contribution in [0.25, 0.3) is 0 Å². The summed E-state index contributed by atoms with van der Waals surface area (Å²) in [6.45, 7) is 4.26. The van der Waals surface area contributed by atoms with Crippen LogP contribution in [-0.4, -0.2) is 17.8 Å². The fraction of sp³-hybridized carbons (Fsp3) is 0.857. The summed E-state index contributed by atoms with van der Waals surface area (Å²) in [6.07, 6.45) is 21.6. The normalized spacial score (nSPS) is 14.0. The van der Waals surface area contributed by atoms with Gasteiger partial charge >= 0.3 is 5.97 Å². The lowest BCUT2D eigenvalue weighted by molar-refractivity contribution is -0.143. The topological polar surface area (TPSA) is 26.3 Å². The van der Waals surface area contributed by atoms with Crippen LogP contribution in [0.5, 0.6) is 0 Å². The van der Waals surface area contributed by atoms with Crippen molar-refractivity contribution in [3.8, 4) is 0 Å². The average Bonchev–Trinajstić information content (AvgIpc) is 2.61. The SMILES string of the molecule is CCCCCCCC/C=C\CCCCCCC(S)(CC)C(=O)OC. The number of allylic oxidation sites excluding steroid dienone is 2. The Morgan fingerprint density at radius 2 is 1.38 bits per heavy atom. The van der Waals surface area contributed by atoms with Crippen LogP contribution in [0.2, 0.25) is 0 Å². The number of rotatable bonds is 16. The first-order chi connectivity index (χ1) is 11.6. The molecule has 0 saturated heterocycles. The number of thiol groups is 1. The second kappa shape index (κ2) is 16.1. The van der Waals surface area contributed by atoms with Crippen LogP contribution in [0, 0.1) is 0 Å². The van der Waals surface area contributed by atoms with Gasteiger partial charge in [0.2, 0.25) is 0 Å². The second-order valence-electron chi connectivity index (χ2n) is 6.86. The zero-order valence-corrected chi connectivity index (χ0v) is 17.2. The first kappa shape index (κ1) is 23.6. The zero-order valence-electron chi connectivity index (χ0n) is 16.3. The number of unbranched alkanes of at least 4 members (excludes halogenated alkanes) is 10. The Morgan fingerprint density at radius 3 is 1.88 bits per heavy atom. The molecule has 0 N–H and O–H groups in total. The molecule has 1 unspecified atom stereocenters. The number of methoxy groups -OCH3 is 1. The molecule has 0 bridgehead atoms. The number of carbonyl (C=O) groups excluding carboxylic acids is 1. The maximum absolute atomic E-state index is 11.7. The Kier molecular flexibility index (Phi) is 15.8. The molecule has 3 heteroatoms. The predicted molar refractivity (Wildman–Crippen MR) is 109 cm³/mol. The van der Waals surface area contributed by atoms with Crippen molar-refractivity contribution in [2.75, 3.05) is 7.11 Å². The summed E-state index contributed by atoms with van der Waals surface area (Å²) in [5.74, 6) is -0.189. The Balaban J connectivity index is 3.47. The van der Waals surface area contributed by atoms with E-state index in [1.54, 1.807) is 0 Å². The molecule has 1 atom stereocenters. The standard InChI is InChI=1S/C21H40O2S/c1-4-6-7-8-9-10-11-12-13-14-15-16-17-18-19-21(24,5-2)20(22)23-3/h12-13,24H,4-11,14-19H2,1-3H3/b13-12-. The van der Waals surface area contributed by atoms with Gasteiger partial charge in [0.25, 0.3) is 0 Å². The molecule has 0 aromatic heterocycles. The molecule has 0 fully saturated rings. The molecule has 2 nitrogen and oxygen atoms in total. The molecule has 0 amide bonds. The molecule has 0 aliphatic heterocycles. The fourth-order valence-corrected chi connectivity index (χ4v) is 3.17. The molecule has 0 rings (SSSR count). The van der Waals surface area contributed by atoms with Gasteiger partial charge in [-0.25, -0.2) is 0 Å². The van der Waals surface area contributed by atoms with E-state index in [0.29, 0.717) is 0 Å². The van der Waals surface area contributed by atoms with Crippen LogP contribution in [0.4, 0.5) is 0 Å². The maximum Gasteiger partial charge on any atom is 0.321 e. The predicted octanol–water partition coefficient (Wildman–Crippen LogP) is 6.89. The lowest BCUT2D eigenvalue weighted by Gasteiger charge is -2.23. The van der Waals surface area contributed by atoms with Gasteiger partial charge in [-0.15, -0.1) is 0 Å². The Hall–Kier alpha value is -0.440. The Labute approximate surface area is 156 Å². The van der Waals surface area contributed by atoms with Gasteiger partial charge in [0, 0.05) is 0 Å². The van der Waals surface area contributed by atoms with Crippen molar-refractivity contribution in [2.45, 2.75) is 108 Å². The van der Waals surface area contributed by atoms with E-state index in [4.69, 9.17) is 4.74 Å². The summed E-state index contributed by atoms with van der Waals surface area (Å²) in [4.78, 5) is 11.7. The number of hydrogen-bond donors (Lipinski definition) is 1. The van der Waals surface area contributed by atoms with E-state index in [9.17, 15) is 4.79 Å². The van der Waals surface area contributed by atoms with Gasteiger partial charge < -0.3 is 4.74 Å². The van der Waals surface area contributed by atoms with Crippen molar-refractivity contribution < 1.29 is 9.53 Å². The average molecular weight is 357 g/mol. The van der Waals surface area contributed by atoms with Gasteiger partial charge in [-0.05, 0) is 38.5 Å². The van der Waals surface area contributed by atoms with Gasteiger partial charge in [-0.2, -0.15) is 12.6 Å². The van der Waals surface area contributed by atoms with Gasteiger partial charge in [0.05, 0.1) is 7.11 Å². The minimum absolute atomic E-state index is 0.189. The fourth-order valence-electron chi connectivity index (χ4n) is 2.92. The van der Waals surface area contributed by atoms with Gasteiger partial charge in [0.15, 0.2) is 0 Å². The second-order valence-corrected chi connectivity index (χ2v) is 7.71. The molecule has 0 spiro atoms. The smallest absolute Gasteiger partial charge is 0.321 e. The summed E-state index contributed by atoms with van der Waals surface area (Å²) >= 11 is 4.53. The van der Waals surface area contributed by atoms with E-state index in [1.807, 2.05) is 6.92 Å². The molecule has 0 aromatic rings. The maximum atomic E-state index is 11.7. The van der Waals surface area contributed by atoms with Crippen LogP contribution in [0.15, 0.2) is 12.2 Å². The van der Waals surface area contributed by atoms with E-state index in [1.165, 1.54) is 77.7 Å². The summed E-state index contributed by atoms with van der Waals surface area (Å²) < 4.78 is 4.26. The van der Waals surface area contributed by atoms with Crippen molar-refractivity contribution in [3.63, 3.8) is 0 Å². The highest BCUT2D eigenvalue weighted by atomic mass is 32.1. The zero-order chi connectivity index (χ0) is 18.1. The van der Waals surface area contributed by atoms with Crippen molar-refractivity contribution in [2.24, 2.45) is 0 Å². The molecular formula is C21H40O2S. The van der Waals surface area contributed by atoms with Crippen molar-refractivity contribution in [1.29, 1.82) is 0 Å². The molecule has 0 radical (unpaired) electrons. The lowest BCUT2D eigenvalue weighted by Crippen LogP contribution is -2.33. The monoisotopic (exact) mass is 356 g/mol. The van der Waals surface area contributed by atoms with E-state index in [0.717, 1.165) is 19.3 Å². The highest BCUT2D eigenvalue weighted by molar-refractivity contribution is 7.82. The van der Waals surface area contributed by atoms with E-state index < -0.39 is 4.75 Å². The molecule has 0 heterocycles. The van der Waals surface area contributed by atoms with Gasteiger partial charge in [-0.3, -0.25) is 4.79 Å². The molecule has 24 heavy (non-hydrogen) atoms. The highest BCUT2D eigenvalue weighted by Crippen LogP contribution is 2.28. The molecule has 0 aromatic carbocycles. The molecule has 0 saturated carbocycles. The van der Waals surface area contributed by atoms with Crippen LogP contribution >= 0.6 is 12.6 Å². The Morgan fingerprint density at radius 1 is 0.875 bits per heavy atom. The van der Waals surface area contributed by atoms with Crippen LogP contribution in [0.3, 0.4) is 0 Å². The van der Waals surface area contributed by atoms with Crippen molar-refractivity contribution in [1.82, 2.24) is 0 Å². The number of carbonyl (C=O) groups is 1. The van der Waals surface area contributed by atoms with E-state index in [2.05, 4.69) is 31.7 Å². The minimum Gasteiger partial charge on any atom is -0.468 e. The quantitative estimate of drug-likeness (QED) is 0.141. The number of esters is 1. The first-order valence-corrected chi connectivity index (χ1v) is 10.5. The van der Waals surface area contributed by atoms with Crippen LogP contribution in [0.1, 0.15) is 104 Å². The van der Waals surface area contributed by atoms with E-state index in [-0.39, 0.29) is 5.97 Å². The van der Waals surface area contributed by atoms with Crippen LogP contribution in [-0.2, 0) is 9.53 Å². The highest BCUT2D eigenvalue weighted by Gasteiger charge is 2.32. The van der Waals surface area contributed by atoms with Gasteiger partial charge in [0.1, 0.15) is 4.75 Å². The van der Waals surface area contributed by atoms with E-state index >= 15 is 0 Å². The minimum atomic E-state index is -0.591. The van der Waals surface area contributed by atoms with Crippen molar-refractivity contribution in [3.05, 3.63) is 12.2 Å². The van der Waals surface area contributed by atoms with Crippen molar-refractivity contribution >= 4 is 18.6 Å². The number of ether oxygens (including phenoxy) is 1. The Bertz CT molecular complexity index is 328. The lowest BCUT2D eigenvalue weighted by atomic mass is 9.97. The molecule has 0 aliphatic rings. The summed E-state index contributed by atoms with van der Waals surface area (Å²) in [5, 5.41) is 0. The largest absolute Gasteiger partial charge is 0.468 e. The third-order valence-electron chi connectivity index (χ3n) is 4.75. The molecular weight excluding hydrogens is 316 g/mol. The van der Waals surface area contributed by atoms with Crippen LogP contribution < -0.4 is 0 Å². The summed E-state index contributed by atoms with van der Waals surface area (Å²) in [5.41, 5.74) is 0. The first-order valence-electron chi connectivity index (χ1n) is 10.1. The molecule has 142 valence electrons. The van der Waals surface area contributed by atoms with Gasteiger partial charge in [-0.1, -0.05) is 77.4 Å². The third-order valence-corrected chi connectivity index (χ3v) is 5.47. The summed E-state index contributed by atoms with van der Waals surface area (Å²) in [7, 11) is 1.44. The molecule has 0 aliphatic carbocycles.